The molecule has 0 radical (unpaired) electrons. The van der Waals surface area contributed by atoms with Crippen LogP contribution in [0.25, 0.3) is 0 Å². The molecule has 0 amide bonds. The molecule has 0 bridgehead atoms. The number of aromatic nitrogens is 1. The normalized spacial score (nSPS) is 19.1. The van der Waals surface area contributed by atoms with Gasteiger partial charge >= 0.3 is 0 Å². The van der Waals surface area contributed by atoms with Gasteiger partial charge in [0.25, 0.3) is 0 Å². The molecule has 1 aromatic heterocycles. The first kappa shape index (κ1) is 11.9. The first-order valence-corrected chi connectivity index (χ1v) is 6.90. The number of aryl methyl sites for hydroxylation is 1. The van der Waals surface area contributed by atoms with Gasteiger partial charge in [-0.05, 0) is 29.9 Å². The highest BCUT2D eigenvalue weighted by molar-refractivity contribution is 9.08. The smallest absolute Gasteiger partial charge is 0.131 e. The Balaban J connectivity index is 2.22. The Morgan fingerprint density at radius 3 is 2.75 bits per heavy atom. The van der Waals surface area contributed by atoms with Crippen LogP contribution in [-0.2, 0) is 5.33 Å². The molecule has 1 aliphatic heterocycles. The molecule has 1 aromatic rings. The third-order valence-electron chi connectivity index (χ3n) is 3.24. The first-order valence-electron chi connectivity index (χ1n) is 5.78. The first-order chi connectivity index (χ1) is 7.52. The van der Waals surface area contributed by atoms with Gasteiger partial charge in [-0.3, -0.25) is 0 Å². The van der Waals surface area contributed by atoms with Crippen molar-refractivity contribution in [3.8, 4) is 0 Å². The fraction of sp³-hybridized carbons (Fsp3) is 0.615. The van der Waals surface area contributed by atoms with E-state index in [1.807, 2.05) is 6.20 Å². The zero-order valence-electron chi connectivity index (χ0n) is 10.3. The average molecular weight is 283 g/mol. The summed E-state index contributed by atoms with van der Waals surface area (Å²) in [7, 11) is 0. The summed E-state index contributed by atoms with van der Waals surface area (Å²) in [5.74, 6) is 1.16. The van der Waals surface area contributed by atoms with Crippen molar-refractivity contribution >= 4 is 21.7 Å². The molecule has 0 saturated carbocycles. The Labute approximate surface area is 106 Å². The van der Waals surface area contributed by atoms with E-state index in [0.29, 0.717) is 5.41 Å². The fourth-order valence-electron chi connectivity index (χ4n) is 2.32. The highest BCUT2D eigenvalue weighted by Gasteiger charge is 2.30. The Kier molecular flexibility index (Phi) is 3.24. The minimum Gasteiger partial charge on any atom is -0.356 e. The molecule has 2 rings (SSSR count). The van der Waals surface area contributed by atoms with E-state index in [0.717, 1.165) is 24.2 Å². The number of alkyl halides is 1. The van der Waals surface area contributed by atoms with Crippen LogP contribution in [0.2, 0.25) is 0 Å². The Hall–Kier alpha value is -0.570. The largest absolute Gasteiger partial charge is 0.356 e. The van der Waals surface area contributed by atoms with Gasteiger partial charge in [0.05, 0.1) is 0 Å². The summed E-state index contributed by atoms with van der Waals surface area (Å²) < 4.78 is 0. The van der Waals surface area contributed by atoms with Crippen molar-refractivity contribution in [2.24, 2.45) is 5.41 Å². The average Bonchev–Trinajstić information content (AvgIpc) is 2.58. The van der Waals surface area contributed by atoms with Gasteiger partial charge in [0.15, 0.2) is 0 Å². The van der Waals surface area contributed by atoms with Gasteiger partial charge in [-0.15, -0.1) is 0 Å². The maximum atomic E-state index is 4.59. The molecule has 0 aromatic carbocycles. The molecule has 0 N–H and O–H groups in total. The fourth-order valence-corrected chi connectivity index (χ4v) is 2.63. The SMILES string of the molecule is Cc1cc(CBr)cnc1N1CCC(C)(C)C1. The van der Waals surface area contributed by atoms with E-state index in [-0.39, 0.29) is 0 Å². The summed E-state index contributed by atoms with van der Waals surface area (Å²) in [5, 5.41) is 0.882. The lowest BCUT2D eigenvalue weighted by Crippen LogP contribution is -2.24. The maximum Gasteiger partial charge on any atom is 0.131 e. The molecular formula is C13H19BrN2. The van der Waals surface area contributed by atoms with E-state index in [1.54, 1.807) is 0 Å². The van der Waals surface area contributed by atoms with E-state index < -0.39 is 0 Å². The zero-order chi connectivity index (χ0) is 11.8. The molecule has 0 aliphatic carbocycles. The van der Waals surface area contributed by atoms with Crippen LogP contribution in [-0.4, -0.2) is 18.1 Å². The molecule has 0 spiro atoms. The highest BCUT2D eigenvalue weighted by Crippen LogP contribution is 2.32. The summed E-state index contributed by atoms with van der Waals surface area (Å²) in [6, 6.07) is 2.22. The van der Waals surface area contributed by atoms with Gasteiger partial charge in [-0.1, -0.05) is 35.8 Å². The maximum absolute atomic E-state index is 4.59. The van der Waals surface area contributed by atoms with Gasteiger partial charge in [0.1, 0.15) is 5.82 Å². The minimum absolute atomic E-state index is 0.433. The van der Waals surface area contributed by atoms with E-state index in [2.05, 4.69) is 52.7 Å². The number of hydrogen-bond donors (Lipinski definition) is 0. The molecule has 88 valence electrons. The number of hydrogen-bond acceptors (Lipinski definition) is 2. The second-order valence-electron chi connectivity index (χ2n) is 5.45. The monoisotopic (exact) mass is 282 g/mol. The topological polar surface area (TPSA) is 16.1 Å². The number of anilines is 1. The standard InChI is InChI=1S/C13H19BrN2/c1-10-6-11(7-14)8-15-12(10)16-5-4-13(2,3)9-16/h6,8H,4-5,7,9H2,1-3H3. The Morgan fingerprint density at radius 2 is 2.25 bits per heavy atom. The molecule has 1 fully saturated rings. The van der Waals surface area contributed by atoms with Gasteiger partial charge < -0.3 is 4.90 Å². The van der Waals surface area contributed by atoms with Gasteiger partial charge in [0, 0.05) is 24.6 Å². The molecule has 3 heteroatoms. The van der Waals surface area contributed by atoms with Crippen LogP contribution in [0.1, 0.15) is 31.4 Å². The lowest BCUT2D eigenvalue weighted by atomic mass is 9.93. The number of nitrogens with zero attached hydrogens (tertiary/aromatic N) is 2. The summed E-state index contributed by atoms with van der Waals surface area (Å²) in [4.78, 5) is 7.00. The Bertz CT molecular complexity index is 388. The number of halogens is 1. The van der Waals surface area contributed by atoms with Crippen LogP contribution < -0.4 is 4.90 Å². The summed E-state index contributed by atoms with van der Waals surface area (Å²) >= 11 is 3.46. The summed E-state index contributed by atoms with van der Waals surface area (Å²) in [5.41, 5.74) is 2.97. The van der Waals surface area contributed by atoms with Crippen molar-refractivity contribution in [3.63, 3.8) is 0 Å². The molecule has 2 nitrogen and oxygen atoms in total. The van der Waals surface area contributed by atoms with E-state index in [9.17, 15) is 0 Å². The second-order valence-corrected chi connectivity index (χ2v) is 6.01. The molecule has 1 aliphatic rings. The lowest BCUT2D eigenvalue weighted by Gasteiger charge is -2.22. The Morgan fingerprint density at radius 1 is 1.50 bits per heavy atom. The molecule has 0 atom stereocenters. The van der Waals surface area contributed by atoms with Gasteiger partial charge in [0.2, 0.25) is 0 Å². The molecular weight excluding hydrogens is 264 g/mol. The van der Waals surface area contributed by atoms with E-state index in [4.69, 9.17) is 0 Å². The van der Waals surface area contributed by atoms with Crippen molar-refractivity contribution < 1.29 is 0 Å². The highest BCUT2D eigenvalue weighted by atomic mass is 79.9. The molecule has 1 saturated heterocycles. The van der Waals surface area contributed by atoms with Crippen molar-refractivity contribution in [1.82, 2.24) is 4.98 Å². The molecule has 16 heavy (non-hydrogen) atoms. The summed E-state index contributed by atoms with van der Waals surface area (Å²) in [6.07, 6.45) is 3.23. The van der Waals surface area contributed by atoms with Crippen LogP contribution in [0.4, 0.5) is 5.82 Å². The zero-order valence-corrected chi connectivity index (χ0v) is 11.8. The molecule has 0 unspecified atom stereocenters. The summed E-state index contributed by atoms with van der Waals surface area (Å²) in [6.45, 7) is 9.06. The second kappa shape index (κ2) is 4.36. The van der Waals surface area contributed by atoms with Crippen molar-refractivity contribution in [3.05, 3.63) is 23.4 Å². The van der Waals surface area contributed by atoms with Crippen LogP contribution >= 0.6 is 15.9 Å². The predicted octanol–water partition coefficient (Wildman–Crippen LogP) is 3.52. The third-order valence-corrected chi connectivity index (χ3v) is 3.89. The van der Waals surface area contributed by atoms with E-state index in [1.165, 1.54) is 17.5 Å². The van der Waals surface area contributed by atoms with Crippen molar-refractivity contribution in [2.75, 3.05) is 18.0 Å². The van der Waals surface area contributed by atoms with Crippen LogP contribution in [0, 0.1) is 12.3 Å². The third kappa shape index (κ3) is 2.40. The van der Waals surface area contributed by atoms with Gasteiger partial charge in [-0.2, -0.15) is 0 Å². The number of pyridine rings is 1. The van der Waals surface area contributed by atoms with E-state index >= 15 is 0 Å². The van der Waals surface area contributed by atoms with Crippen LogP contribution in [0.15, 0.2) is 12.3 Å². The quantitative estimate of drug-likeness (QED) is 0.772. The van der Waals surface area contributed by atoms with Crippen molar-refractivity contribution in [1.29, 1.82) is 0 Å². The predicted molar refractivity (Wildman–Crippen MR) is 72.2 cm³/mol. The van der Waals surface area contributed by atoms with Crippen LogP contribution in [0.5, 0.6) is 0 Å². The minimum atomic E-state index is 0.433. The molecule has 2 heterocycles. The van der Waals surface area contributed by atoms with Crippen LogP contribution in [0.3, 0.4) is 0 Å². The number of rotatable bonds is 2. The van der Waals surface area contributed by atoms with Gasteiger partial charge in [-0.25, -0.2) is 4.98 Å². The van der Waals surface area contributed by atoms with Crippen molar-refractivity contribution in [2.45, 2.75) is 32.5 Å². The lowest BCUT2D eigenvalue weighted by molar-refractivity contribution is 0.418.